The number of nitro groups is 1. The molecule has 0 radical (unpaired) electrons. The van der Waals surface area contributed by atoms with Gasteiger partial charge in [-0.15, -0.1) is 0 Å². The molecule has 0 spiro atoms. The Balaban J connectivity index is 1.66. The zero-order valence-corrected chi connectivity index (χ0v) is 19.6. The van der Waals surface area contributed by atoms with E-state index >= 15 is 0 Å². The van der Waals surface area contributed by atoms with Gasteiger partial charge in [-0.05, 0) is 36.2 Å². The van der Waals surface area contributed by atoms with Crippen molar-refractivity contribution in [2.24, 2.45) is 11.0 Å². The second-order valence-corrected chi connectivity index (χ2v) is 8.48. The molecule has 1 fully saturated rings. The number of benzene rings is 2. The zero-order chi connectivity index (χ0) is 24.7. The number of hydrogen-bond acceptors (Lipinski definition) is 7. The van der Waals surface area contributed by atoms with E-state index in [0.717, 1.165) is 0 Å². The second kappa shape index (κ2) is 11.6. The largest absolute Gasteiger partial charge is 0.378 e. The van der Waals surface area contributed by atoms with Crippen molar-refractivity contribution >= 4 is 41.0 Å². The molecule has 1 unspecified atom stereocenters. The van der Waals surface area contributed by atoms with Gasteiger partial charge in [-0.2, -0.15) is 5.10 Å². The van der Waals surface area contributed by atoms with Crippen molar-refractivity contribution in [2.75, 3.05) is 31.2 Å². The van der Waals surface area contributed by atoms with E-state index in [1.54, 1.807) is 50.2 Å². The number of nitrogens with zero attached hydrogens (tertiary/aromatic N) is 3. The summed E-state index contributed by atoms with van der Waals surface area (Å²) in [5, 5.41) is 18.7. The van der Waals surface area contributed by atoms with Gasteiger partial charge < -0.3 is 15.0 Å². The van der Waals surface area contributed by atoms with Gasteiger partial charge in [0.25, 0.3) is 17.5 Å². The smallest absolute Gasteiger partial charge is 0.293 e. The number of morpholine rings is 1. The van der Waals surface area contributed by atoms with Crippen LogP contribution in [-0.4, -0.2) is 55.3 Å². The second-order valence-electron chi connectivity index (χ2n) is 8.04. The van der Waals surface area contributed by atoms with Crippen molar-refractivity contribution in [2.45, 2.75) is 19.9 Å². The van der Waals surface area contributed by atoms with Crippen LogP contribution in [0.1, 0.15) is 29.8 Å². The lowest BCUT2D eigenvalue weighted by molar-refractivity contribution is -0.384. The summed E-state index contributed by atoms with van der Waals surface area (Å²) < 4.78 is 5.31. The Morgan fingerprint density at radius 1 is 1.18 bits per heavy atom. The number of carbonyl (C=O) groups is 2. The lowest BCUT2D eigenvalue weighted by atomic mass is 10.0. The predicted octanol–water partition coefficient (Wildman–Crippen LogP) is 2.99. The highest BCUT2D eigenvalue weighted by molar-refractivity contribution is 6.30. The molecule has 2 amide bonds. The first-order valence-corrected chi connectivity index (χ1v) is 11.1. The molecular weight excluding hydrogens is 462 g/mol. The van der Waals surface area contributed by atoms with Crippen molar-refractivity contribution < 1.29 is 19.2 Å². The molecule has 1 atom stereocenters. The van der Waals surface area contributed by atoms with Gasteiger partial charge in [-0.25, -0.2) is 5.43 Å². The van der Waals surface area contributed by atoms with Crippen LogP contribution in [0.15, 0.2) is 47.6 Å². The first-order chi connectivity index (χ1) is 16.3. The van der Waals surface area contributed by atoms with Crippen molar-refractivity contribution in [1.82, 2.24) is 10.7 Å². The molecule has 11 heteroatoms. The van der Waals surface area contributed by atoms with Gasteiger partial charge in [-0.1, -0.05) is 31.5 Å². The number of hydrogen-bond donors (Lipinski definition) is 2. The van der Waals surface area contributed by atoms with Crippen LogP contribution in [0.5, 0.6) is 0 Å². The molecule has 2 aromatic rings. The third kappa shape index (κ3) is 6.52. The summed E-state index contributed by atoms with van der Waals surface area (Å²) in [5.74, 6) is -1.13. The standard InChI is InChI=1S/C23H26ClN5O5/c1-15(2)21(26-22(30)17-4-6-18(24)7-5-17)23(31)27-25-14-16-3-8-19(20(13-16)29(32)33)28-9-11-34-12-10-28/h3-8,13-15,21H,9-12H2,1-2H3,(H,26,30)(H,27,31). The van der Waals surface area contributed by atoms with Gasteiger partial charge in [0.15, 0.2) is 0 Å². The molecule has 1 saturated heterocycles. The summed E-state index contributed by atoms with van der Waals surface area (Å²) in [6.45, 7) is 5.76. The monoisotopic (exact) mass is 487 g/mol. The summed E-state index contributed by atoms with van der Waals surface area (Å²) in [7, 11) is 0. The molecule has 1 heterocycles. The minimum Gasteiger partial charge on any atom is -0.378 e. The molecule has 1 aliphatic heterocycles. The van der Waals surface area contributed by atoms with Crippen molar-refractivity contribution in [3.8, 4) is 0 Å². The van der Waals surface area contributed by atoms with E-state index in [4.69, 9.17) is 16.3 Å². The summed E-state index contributed by atoms with van der Waals surface area (Å²) in [6.07, 6.45) is 1.33. The quantitative estimate of drug-likeness (QED) is 0.335. The predicted molar refractivity (Wildman–Crippen MR) is 129 cm³/mol. The summed E-state index contributed by atoms with van der Waals surface area (Å²) in [5.41, 5.74) is 3.70. The number of ether oxygens (including phenoxy) is 1. The fraction of sp³-hybridized carbons (Fsp3) is 0.348. The van der Waals surface area contributed by atoms with E-state index in [9.17, 15) is 19.7 Å². The lowest BCUT2D eigenvalue weighted by Gasteiger charge is -2.28. The van der Waals surface area contributed by atoms with E-state index in [0.29, 0.717) is 48.1 Å². The minimum absolute atomic E-state index is 0.0486. The zero-order valence-electron chi connectivity index (χ0n) is 18.9. The molecule has 1 aliphatic rings. The SMILES string of the molecule is CC(C)C(NC(=O)c1ccc(Cl)cc1)C(=O)NN=Cc1ccc(N2CCOCC2)c([N+](=O)[O-])c1. The Kier molecular flexibility index (Phi) is 8.55. The molecule has 0 aromatic heterocycles. The average Bonchev–Trinajstić information content (AvgIpc) is 2.83. The normalized spacial score (nSPS) is 14.8. The minimum atomic E-state index is -0.835. The number of anilines is 1. The highest BCUT2D eigenvalue weighted by Gasteiger charge is 2.25. The van der Waals surface area contributed by atoms with Crippen molar-refractivity contribution in [1.29, 1.82) is 0 Å². The molecular formula is C23H26ClN5O5. The first-order valence-electron chi connectivity index (χ1n) is 10.8. The van der Waals surface area contributed by atoms with E-state index in [1.807, 2.05) is 4.90 Å². The Morgan fingerprint density at radius 2 is 1.85 bits per heavy atom. The van der Waals surface area contributed by atoms with Gasteiger partial charge in [0, 0.05) is 35.3 Å². The third-order valence-electron chi connectivity index (χ3n) is 5.28. The van der Waals surface area contributed by atoms with Gasteiger partial charge in [0.1, 0.15) is 11.7 Å². The Hall–Kier alpha value is -3.50. The number of halogens is 1. The Bertz CT molecular complexity index is 1070. The van der Waals surface area contributed by atoms with Gasteiger partial charge in [0.05, 0.1) is 24.4 Å². The number of nitro benzene ring substituents is 1. The first kappa shape index (κ1) is 25.1. The highest BCUT2D eigenvalue weighted by Crippen LogP contribution is 2.29. The van der Waals surface area contributed by atoms with Crippen LogP contribution in [0.3, 0.4) is 0 Å². The fourth-order valence-corrected chi connectivity index (χ4v) is 3.57. The van der Waals surface area contributed by atoms with E-state index in [2.05, 4.69) is 15.8 Å². The maximum atomic E-state index is 12.6. The van der Waals surface area contributed by atoms with Crippen molar-refractivity contribution in [3.05, 3.63) is 68.7 Å². The topological polar surface area (TPSA) is 126 Å². The molecule has 2 aromatic carbocycles. The molecule has 34 heavy (non-hydrogen) atoms. The summed E-state index contributed by atoms with van der Waals surface area (Å²) in [6, 6.07) is 10.2. The number of rotatable bonds is 8. The molecule has 0 saturated carbocycles. The maximum absolute atomic E-state index is 12.6. The number of nitrogens with one attached hydrogen (secondary N) is 2. The van der Waals surface area contributed by atoms with E-state index in [1.165, 1.54) is 12.3 Å². The third-order valence-corrected chi connectivity index (χ3v) is 5.53. The Labute approximate surface area is 202 Å². The van der Waals surface area contributed by atoms with Gasteiger partial charge >= 0.3 is 0 Å². The number of carbonyl (C=O) groups excluding carboxylic acids is 2. The van der Waals surface area contributed by atoms with E-state index in [-0.39, 0.29) is 11.6 Å². The number of hydrazone groups is 1. The molecule has 0 bridgehead atoms. The van der Waals surface area contributed by atoms with Crippen molar-refractivity contribution in [3.63, 3.8) is 0 Å². The average molecular weight is 488 g/mol. The molecule has 180 valence electrons. The highest BCUT2D eigenvalue weighted by atomic mass is 35.5. The molecule has 10 nitrogen and oxygen atoms in total. The summed E-state index contributed by atoms with van der Waals surface area (Å²) >= 11 is 5.85. The van der Waals surface area contributed by atoms with Crippen LogP contribution < -0.4 is 15.6 Å². The number of amides is 2. The summed E-state index contributed by atoms with van der Waals surface area (Å²) in [4.78, 5) is 38.2. The van der Waals surface area contributed by atoms with Gasteiger partial charge in [-0.3, -0.25) is 19.7 Å². The lowest BCUT2D eigenvalue weighted by Crippen LogP contribution is -2.48. The molecule has 0 aliphatic carbocycles. The van der Waals surface area contributed by atoms with Crippen LogP contribution in [0.2, 0.25) is 5.02 Å². The van der Waals surface area contributed by atoms with Crippen LogP contribution in [0.4, 0.5) is 11.4 Å². The van der Waals surface area contributed by atoms with E-state index < -0.39 is 22.8 Å². The fourth-order valence-electron chi connectivity index (χ4n) is 3.44. The maximum Gasteiger partial charge on any atom is 0.293 e. The molecule has 3 rings (SSSR count). The van der Waals surface area contributed by atoms with Crippen LogP contribution in [-0.2, 0) is 9.53 Å². The molecule has 2 N–H and O–H groups in total. The van der Waals surface area contributed by atoms with Gasteiger partial charge in [0.2, 0.25) is 0 Å². The van der Waals surface area contributed by atoms with Crippen LogP contribution in [0.25, 0.3) is 0 Å². The van der Waals surface area contributed by atoms with Crippen LogP contribution >= 0.6 is 11.6 Å². The Morgan fingerprint density at radius 3 is 2.47 bits per heavy atom. The van der Waals surface area contributed by atoms with Crippen LogP contribution in [0, 0.1) is 16.0 Å².